The summed E-state index contributed by atoms with van der Waals surface area (Å²) >= 11 is 0. The minimum Gasteiger partial charge on any atom is -0.497 e. The number of benzene rings is 5. The number of pyridine rings is 5. The smallest absolute Gasteiger partial charge is 0.374 e. The normalized spacial score (nSPS) is 31.9. The van der Waals surface area contributed by atoms with Crippen molar-refractivity contribution >= 4 is 93.9 Å². The third kappa shape index (κ3) is 27.8. The molecule has 5 aliphatic rings. The molecule has 5 fully saturated rings. The third-order valence-corrected chi connectivity index (χ3v) is 45.0. The largest absolute Gasteiger partial charge is 0.497 e. The molecule has 0 saturated carbocycles. The molecule has 10 unspecified atom stereocenters. The first kappa shape index (κ1) is 118. The molecule has 58 heteroatoms. The Morgan fingerprint density at radius 3 is 0.836 bits per heavy atom. The Morgan fingerprint density at radius 2 is 0.568 bits per heavy atom. The summed E-state index contributed by atoms with van der Waals surface area (Å²) in [7, 11) is -49.1. The van der Waals surface area contributed by atoms with E-state index in [1.54, 1.807) is 43.3 Å². The van der Waals surface area contributed by atoms with E-state index >= 15 is 0 Å². The van der Waals surface area contributed by atoms with E-state index in [9.17, 15) is 139 Å². The van der Waals surface area contributed by atoms with Crippen molar-refractivity contribution in [2.45, 2.75) is 181 Å². The molecule has 15 rings (SSSR count). The Hall–Kier alpha value is -8.71. The molecule has 5 aromatic heterocycles. The molecule has 10 heterocycles. The van der Waals surface area contributed by atoms with Gasteiger partial charge in [-0.15, -0.1) is 0 Å². The molecule has 0 bridgehead atoms. The summed E-state index contributed by atoms with van der Waals surface area (Å²) in [5.74, 6) is -2.02. The number of hydrogen-bond donors (Lipinski definition) is 15. The molecule has 5 aromatic carbocycles. The number of hydrogen-bond acceptors (Lipinski definition) is 37. The van der Waals surface area contributed by atoms with Crippen LogP contribution in [-0.2, 0) is 137 Å². The average molecular weight is 2230 g/mol. The Bertz CT molecular complexity index is 6590. The van der Waals surface area contributed by atoms with E-state index in [0.29, 0.717) is 18.6 Å². The number of ether oxygens (including phenoxy) is 4. The first-order chi connectivity index (χ1) is 68.5. The van der Waals surface area contributed by atoms with Gasteiger partial charge in [0.25, 0.3) is 25.4 Å². The third-order valence-electron chi connectivity index (χ3n) is 22.1. The van der Waals surface area contributed by atoms with Crippen LogP contribution in [-0.4, -0.2) is 150 Å². The number of carbonyl (C=O) groups excluding carboxylic acids is 3. The lowest BCUT2D eigenvalue weighted by molar-refractivity contribution is -0.135. The first-order valence-electron chi connectivity index (χ1n) is 44.0. The van der Waals surface area contributed by atoms with E-state index in [0.717, 1.165) is 55.9 Å². The van der Waals surface area contributed by atoms with Crippen LogP contribution >= 0.6 is 76.0 Å². The van der Waals surface area contributed by atoms with Gasteiger partial charge >= 0.3 is 93.9 Å². The summed E-state index contributed by atoms with van der Waals surface area (Å²) in [6, 6.07) is 41.4. The Morgan fingerprint density at radius 1 is 0.308 bits per heavy atom. The number of esters is 3. The van der Waals surface area contributed by atoms with Crippen molar-refractivity contribution in [2.75, 3.05) is 7.11 Å². The number of methoxy groups -OCH3 is 1. The SMILES string of the molecule is CCCC(=O)Oc1ccc(C2OP(=O)(O)C(O)(Cc3cccnc3)P(=O)(O)O2)cc1.CCCC(=O)Oc1ccc(C2OP(=O)(O)C(O)(Cc3cccnc3)P(=O)(O)O2)cc1F.CCCCCCCC(=O)Oc1ccc(C2OP(=O)(O)C(O)(Cc3cccnc3)P(=O)(O)O2)cc1.COc1cccc(C2OP(=O)(O)C(O)(Cc3cccnc3)P(=O)(O)O2)c1.Cc1ccc(C2OP(=O)(O)C(O)(Cc3cccnc3)P(=O)(O)O2)cc1. The lowest BCUT2D eigenvalue weighted by atomic mass is 10.1. The van der Waals surface area contributed by atoms with Gasteiger partial charge in [0.2, 0.25) is 31.5 Å². The van der Waals surface area contributed by atoms with Gasteiger partial charge in [0.05, 0.1) is 7.11 Å². The number of unbranched alkanes of at least 4 members (excludes halogenated alkanes) is 4. The molecule has 5 saturated heterocycles. The number of carbonyl (C=O) groups is 3. The second-order valence-corrected chi connectivity index (χ2v) is 54.8. The van der Waals surface area contributed by atoms with E-state index in [-0.39, 0.29) is 92.4 Å². The Kier molecular flexibility index (Phi) is 39.2. The van der Waals surface area contributed by atoms with E-state index in [1.807, 2.05) is 13.8 Å². The molecule has 0 amide bonds. The lowest BCUT2D eigenvalue weighted by Gasteiger charge is -2.41. The molecule has 10 atom stereocenters. The van der Waals surface area contributed by atoms with Crippen LogP contribution in [0.2, 0.25) is 0 Å². The number of halogens is 1. The summed E-state index contributed by atoms with van der Waals surface area (Å²) in [5.41, 5.74) is 2.65. The molecule has 0 aliphatic carbocycles. The summed E-state index contributed by atoms with van der Waals surface area (Å²) < 4.78 is 212. The molecule has 0 radical (unpaired) electrons. The van der Waals surface area contributed by atoms with E-state index < -0.39 is 188 Å². The number of aliphatic hydroxyl groups is 5. The highest BCUT2D eigenvalue weighted by atomic mass is 31.3. The minimum atomic E-state index is -5.19. The van der Waals surface area contributed by atoms with Gasteiger partial charge in [0.15, 0.2) is 11.6 Å². The highest BCUT2D eigenvalue weighted by molar-refractivity contribution is 7.75. The zero-order valence-electron chi connectivity index (χ0n) is 77.8. The maximum Gasteiger partial charge on any atom is 0.374 e. The Balaban J connectivity index is 0.000000174. The van der Waals surface area contributed by atoms with E-state index in [4.69, 9.17) is 64.2 Å². The van der Waals surface area contributed by atoms with Crippen LogP contribution in [0, 0.1) is 12.7 Å². The predicted molar refractivity (Wildman–Crippen MR) is 511 cm³/mol. The van der Waals surface area contributed by atoms with Gasteiger partial charge < -0.3 is 93.4 Å². The van der Waals surface area contributed by atoms with Gasteiger partial charge in [-0.05, 0) is 133 Å². The molecule has 5 aliphatic heterocycles. The van der Waals surface area contributed by atoms with Crippen LogP contribution in [0.5, 0.6) is 23.0 Å². The minimum absolute atomic E-state index is 0.0763. The number of aryl methyl sites for hydroxylation is 1. The van der Waals surface area contributed by atoms with E-state index in [2.05, 4.69) is 31.8 Å². The van der Waals surface area contributed by atoms with Crippen molar-refractivity contribution in [3.05, 3.63) is 305 Å². The van der Waals surface area contributed by atoms with Crippen molar-refractivity contribution in [1.82, 2.24) is 24.9 Å². The summed E-state index contributed by atoms with van der Waals surface area (Å²) in [5, 5.41) is 38.0. The maximum atomic E-state index is 14.3. The van der Waals surface area contributed by atoms with Gasteiger partial charge in [-0.2, -0.15) is 0 Å². The standard InChI is InChI=1S/C22H29NO9P2.C18H20FNO9P2.C18H21NO9P2.C15H17NO8P2.C15H17NO7P2/c1-2-3-4-5-6-9-20(24)30-19-12-10-18(11-13-19)21-31-33(26,27)22(25,34(28,29)32-21)15-17-8-7-14-23-16-17;1-2-4-16(21)27-15-7-6-13(9-14(15)19)17-28-30(23,24)18(22,31(25,26)29-17)10-12-5-3-8-20-11-12;1-2-4-16(20)26-15-8-6-14(7-9-15)17-27-29(22,23)18(21,30(24,25)28-17)11-13-5-3-10-19-12-13;1-22-13-6-2-5-12(8-13)14-23-25(18,19)15(17,26(20,21)24-14)9-11-4-3-7-16-10-11;1-11-4-6-13(7-5-11)14-22-24(18,19)15(17,25(20,21)23-14)9-12-3-2-8-16-10-12/h7-8,10-14,16,21,25H,2-6,9,15H2,1H3,(H,26,27)(H,28,29);3,5-9,11,17,22H,2,4,10H2,1H3,(H,23,24)(H,25,26);3,5-10,12,17,21H,2,4,11H2,1H3,(H,22,23)(H,24,25);2-8,10,14,17H,9H2,1H3,(H,18,19)(H,20,21);2-8,10,14,17H,9H2,1H3,(H,18,19)(H,20,21). The van der Waals surface area contributed by atoms with Crippen molar-refractivity contribution in [3.63, 3.8) is 0 Å². The van der Waals surface area contributed by atoms with E-state index in [1.165, 1.54) is 190 Å². The van der Waals surface area contributed by atoms with Crippen LogP contribution in [0.1, 0.15) is 178 Å². The molecule has 0 spiro atoms. The van der Waals surface area contributed by atoms with Gasteiger partial charge in [0.1, 0.15) is 17.2 Å². The second kappa shape index (κ2) is 48.7. The second-order valence-electron chi connectivity index (χ2n) is 33.1. The monoisotopic (exact) mass is 2230 g/mol. The van der Waals surface area contributed by atoms with Crippen molar-refractivity contribution in [3.8, 4) is 23.0 Å². The molecule has 47 nitrogen and oxygen atoms in total. The maximum absolute atomic E-state index is 14.3. The van der Waals surface area contributed by atoms with Crippen molar-refractivity contribution in [1.29, 1.82) is 0 Å². The Labute approximate surface area is 833 Å². The fourth-order valence-corrected chi connectivity index (χ4v) is 31.9. The lowest BCUT2D eigenvalue weighted by Crippen LogP contribution is -2.37. The van der Waals surface area contributed by atoms with Crippen LogP contribution in [0.15, 0.2) is 238 Å². The average Bonchev–Trinajstić information content (AvgIpc) is 0.755. The molecule has 10 aromatic rings. The topological polar surface area (TPSA) is 719 Å². The quantitative estimate of drug-likeness (QED) is 0.00896. The first-order valence-corrected chi connectivity index (χ1v) is 59.8. The van der Waals surface area contributed by atoms with Gasteiger partial charge in [0, 0.05) is 141 Å². The predicted octanol–water partition coefficient (Wildman–Crippen LogP) is 16.1. The zero-order valence-corrected chi connectivity index (χ0v) is 86.8. The van der Waals surface area contributed by atoms with Gasteiger partial charge in [-0.1, -0.05) is 149 Å². The van der Waals surface area contributed by atoms with Crippen LogP contribution in [0.3, 0.4) is 0 Å². The molecule has 146 heavy (non-hydrogen) atoms. The zero-order chi connectivity index (χ0) is 107. The highest BCUT2D eigenvalue weighted by Gasteiger charge is 2.72. The van der Waals surface area contributed by atoms with Crippen LogP contribution in [0.4, 0.5) is 4.39 Å². The van der Waals surface area contributed by atoms with Crippen molar-refractivity contribution < 1.29 is 203 Å². The van der Waals surface area contributed by atoms with Crippen LogP contribution in [0.25, 0.3) is 0 Å². The fourth-order valence-electron chi connectivity index (χ4n) is 14.0. The molecule has 790 valence electrons. The summed E-state index contributed by atoms with van der Waals surface area (Å²) in [6.45, 7) is 7.53. The summed E-state index contributed by atoms with van der Waals surface area (Å²) in [4.78, 5) is 157. The number of aromatic nitrogens is 5. The number of nitrogens with zero attached hydrogens (tertiary/aromatic N) is 5. The molecule has 15 N–H and O–H groups in total. The number of rotatable bonds is 29. The molecular formula is C88H104FN5O42P10. The molecular weight excluding hydrogens is 2130 g/mol. The fraction of sp³-hybridized carbons (Fsp3) is 0.341. The van der Waals surface area contributed by atoms with Gasteiger partial charge in [-0.25, -0.2) is 4.39 Å². The van der Waals surface area contributed by atoms with Crippen molar-refractivity contribution in [2.24, 2.45) is 0 Å². The highest BCUT2D eigenvalue weighted by Crippen LogP contribution is 2.84. The summed E-state index contributed by atoms with van der Waals surface area (Å²) in [6.07, 6.45) is 8.52. The van der Waals surface area contributed by atoms with Crippen LogP contribution < -0.4 is 18.9 Å². The van der Waals surface area contributed by atoms with Gasteiger partial charge in [-0.3, -0.25) is 130 Å².